The Morgan fingerprint density at radius 1 is 1.23 bits per heavy atom. The molecule has 0 aromatic heterocycles. The van der Waals surface area contributed by atoms with Gasteiger partial charge >= 0.3 is 0 Å². The van der Waals surface area contributed by atoms with Crippen molar-refractivity contribution >= 4 is 47.9 Å². The van der Waals surface area contributed by atoms with E-state index in [0.29, 0.717) is 11.5 Å². The van der Waals surface area contributed by atoms with Gasteiger partial charge in [-0.1, -0.05) is 30.3 Å². The predicted molar refractivity (Wildman–Crippen MR) is 69.3 cm³/mol. The van der Waals surface area contributed by atoms with Gasteiger partial charge in [-0.15, -0.1) is 11.6 Å². The smallest absolute Gasteiger partial charge is 0.0423 e. The molecule has 0 saturated carbocycles. The normalized spacial score (nSPS) is 13.2. The molecule has 0 fully saturated rings. The maximum absolute atomic E-state index is 5.76. The van der Waals surface area contributed by atoms with Gasteiger partial charge < -0.3 is 0 Å². The van der Waals surface area contributed by atoms with E-state index in [2.05, 4.69) is 55.2 Å². The van der Waals surface area contributed by atoms with Crippen LogP contribution >= 0.6 is 47.9 Å². The highest BCUT2D eigenvalue weighted by Gasteiger charge is 2.17. The summed E-state index contributed by atoms with van der Waals surface area (Å²) in [7, 11) is 0. The van der Waals surface area contributed by atoms with Crippen molar-refractivity contribution < 1.29 is 0 Å². The predicted octanol–water partition coefficient (Wildman–Crippen LogP) is 5.46. The van der Waals surface area contributed by atoms with Gasteiger partial charge in [-0.05, 0) is 43.0 Å². The number of hydrogen-bond donors (Lipinski definition) is 0. The first-order valence-electron chi connectivity index (χ1n) is 3.97. The molecule has 0 bridgehead atoms. The van der Waals surface area contributed by atoms with Crippen molar-refractivity contribution in [3.05, 3.63) is 35.9 Å². The number of halogens is 3. The molecular weight excluding hydrogens is 334 g/mol. The summed E-state index contributed by atoms with van der Waals surface area (Å²) in [5, 5.41) is -0.306. The van der Waals surface area contributed by atoms with E-state index in [9.17, 15) is 0 Å². The summed E-state index contributed by atoms with van der Waals surface area (Å²) >= 11 is 13.0. The van der Waals surface area contributed by atoms with E-state index < -0.39 is 0 Å². The summed E-state index contributed by atoms with van der Waals surface area (Å²) in [4.78, 5) is 0. The molecule has 0 spiro atoms. The van der Waals surface area contributed by atoms with Gasteiger partial charge in [0.25, 0.3) is 0 Å². The fourth-order valence-corrected chi connectivity index (χ4v) is 4.89. The van der Waals surface area contributed by atoms with Crippen molar-refractivity contribution in [3.63, 3.8) is 0 Å². The van der Waals surface area contributed by atoms with Gasteiger partial charge in [-0.25, -0.2) is 0 Å². The number of hydrogen-bond acceptors (Lipinski definition) is 0. The van der Waals surface area contributed by atoms with Gasteiger partial charge in [0.2, 0.25) is 0 Å². The third kappa shape index (κ3) is 3.87. The lowest BCUT2D eigenvalue weighted by Crippen LogP contribution is -1.92. The van der Waals surface area contributed by atoms with Crippen molar-refractivity contribution in [2.75, 3.05) is 5.88 Å². The van der Waals surface area contributed by atoms with E-state index in [-0.39, 0.29) is 5.33 Å². The molecule has 0 aliphatic heterocycles. The first-order valence-corrected chi connectivity index (χ1v) is 9.95. The van der Waals surface area contributed by atoms with Gasteiger partial charge in [-0.3, -0.25) is 0 Å². The molecule has 0 heterocycles. The topological polar surface area (TPSA) is 0 Å². The van der Waals surface area contributed by atoms with E-state index in [1.54, 1.807) is 0 Å². The highest BCUT2D eigenvalue weighted by molar-refractivity contribution is 9.69. The largest absolute Gasteiger partial charge is 0.127 e. The minimum Gasteiger partial charge on any atom is -0.127 e. The summed E-state index contributed by atoms with van der Waals surface area (Å²) in [6.07, 6.45) is 1.01. The molecule has 0 aliphatic rings. The second-order valence-electron chi connectivity index (χ2n) is 2.66. The van der Waals surface area contributed by atoms with Crippen molar-refractivity contribution in [2.45, 2.75) is 12.1 Å². The Balaban J connectivity index is 2.76. The van der Waals surface area contributed by atoms with Crippen LogP contribution in [0.1, 0.15) is 17.6 Å². The Morgan fingerprint density at radius 3 is 2.31 bits per heavy atom. The molecule has 0 nitrogen and oxygen atoms in total. The third-order valence-corrected chi connectivity index (χ3v) is 6.01. The Labute approximate surface area is 101 Å². The van der Waals surface area contributed by atoms with Crippen LogP contribution in [0.2, 0.25) is 0 Å². The quantitative estimate of drug-likeness (QED) is 0.503. The molecule has 0 amide bonds. The lowest BCUT2D eigenvalue weighted by atomic mass is 10.1. The molecule has 1 rings (SSSR count). The van der Waals surface area contributed by atoms with Crippen LogP contribution in [-0.2, 0) is 0 Å². The van der Waals surface area contributed by atoms with Crippen LogP contribution in [0.5, 0.6) is 0 Å². The zero-order valence-corrected chi connectivity index (χ0v) is 11.8. The van der Waals surface area contributed by atoms with Crippen LogP contribution in [0.3, 0.4) is 0 Å². The first kappa shape index (κ1) is 12.0. The standard InChI is InChI=1S/C9H10Br2ClP/c10-13(11)9(6-7-12)8-4-2-1-3-5-8/h1-5,9H,6-7H2. The fraction of sp³-hybridized carbons (Fsp3) is 0.333. The second-order valence-corrected chi connectivity index (χ2v) is 11.6. The number of benzene rings is 1. The Morgan fingerprint density at radius 2 is 1.85 bits per heavy atom. The van der Waals surface area contributed by atoms with E-state index in [4.69, 9.17) is 11.6 Å². The van der Waals surface area contributed by atoms with E-state index in [1.165, 1.54) is 5.56 Å². The SMILES string of the molecule is ClCCC(c1ccccc1)P(Br)Br. The average Bonchev–Trinajstić information content (AvgIpc) is 2.15. The lowest BCUT2D eigenvalue weighted by Gasteiger charge is -2.17. The van der Waals surface area contributed by atoms with E-state index in [1.807, 2.05) is 6.07 Å². The molecule has 1 aromatic rings. The number of alkyl halides is 1. The molecule has 13 heavy (non-hydrogen) atoms. The summed E-state index contributed by atoms with van der Waals surface area (Å²) < 4.78 is 0. The van der Waals surface area contributed by atoms with Crippen LogP contribution in [0.4, 0.5) is 0 Å². The summed E-state index contributed by atoms with van der Waals surface area (Å²) in [5.74, 6) is 0.704. The summed E-state index contributed by atoms with van der Waals surface area (Å²) in [6, 6.07) is 10.5. The molecule has 0 saturated heterocycles. The molecular formula is C9H10Br2ClP. The number of rotatable bonds is 4. The fourth-order valence-electron chi connectivity index (χ4n) is 1.16. The monoisotopic (exact) mass is 342 g/mol. The van der Waals surface area contributed by atoms with Crippen LogP contribution < -0.4 is 0 Å². The first-order chi connectivity index (χ1) is 6.25. The van der Waals surface area contributed by atoms with Crippen molar-refractivity contribution in [3.8, 4) is 0 Å². The third-order valence-electron chi connectivity index (χ3n) is 1.80. The maximum atomic E-state index is 5.76. The van der Waals surface area contributed by atoms with Crippen LogP contribution in [0.25, 0.3) is 0 Å². The van der Waals surface area contributed by atoms with Crippen molar-refractivity contribution in [1.29, 1.82) is 0 Å². The Hall–Kier alpha value is 0.900. The van der Waals surface area contributed by atoms with Crippen LogP contribution in [0.15, 0.2) is 30.3 Å². The maximum Gasteiger partial charge on any atom is 0.0423 e. The van der Waals surface area contributed by atoms with Gasteiger partial charge in [-0.2, -0.15) is 0 Å². The van der Waals surface area contributed by atoms with Crippen LogP contribution in [-0.4, -0.2) is 5.88 Å². The molecule has 0 N–H and O–H groups in total. The molecule has 1 unspecified atom stereocenters. The highest BCUT2D eigenvalue weighted by Crippen LogP contribution is 2.64. The minimum absolute atomic E-state index is 0.306. The lowest BCUT2D eigenvalue weighted by molar-refractivity contribution is 0.901. The van der Waals surface area contributed by atoms with Gasteiger partial charge in [0.1, 0.15) is 0 Å². The Kier molecular flexibility index (Phi) is 5.89. The average molecular weight is 344 g/mol. The Bertz CT molecular complexity index is 241. The summed E-state index contributed by atoms with van der Waals surface area (Å²) in [5.41, 5.74) is 1.86. The van der Waals surface area contributed by atoms with Crippen LogP contribution in [0, 0.1) is 0 Å². The van der Waals surface area contributed by atoms with Crippen molar-refractivity contribution in [1.82, 2.24) is 0 Å². The zero-order chi connectivity index (χ0) is 9.68. The van der Waals surface area contributed by atoms with E-state index >= 15 is 0 Å². The zero-order valence-electron chi connectivity index (χ0n) is 6.96. The minimum atomic E-state index is -0.306. The molecule has 1 aromatic carbocycles. The molecule has 72 valence electrons. The summed E-state index contributed by atoms with van der Waals surface area (Å²) in [6.45, 7) is 0. The highest BCUT2D eigenvalue weighted by atomic mass is 79.9. The molecule has 1 atom stereocenters. The molecule has 4 heteroatoms. The van der Waals surface area contributed by atoms with Crippen molar-refractivity contribution in [2.24, 2.45) is 0 Å². The van der Waals surface area contributed by atoms with Gasteiger partial charge in [0.15, 0.2) is 0 Å². The van der Waals surface area contributed by atoms with E-state index in [0.717, 1.165) is 6.42 Å². The molecule has 0 radical (unpaired) electrons. The molecule has 0 aliphatic carbocycles. The van der Waals surface area contributed by atoms with Gasteiger partial charge in [0, 0.05) is 16.9 Å². The van der Waals surface area contributed by atoms with Gasteiger partial charge in [0.05, 0.1) is 0 Å². The second kappa shape index (κ2) is 6.40.